The fourth-order valence-electron chi connectivity index (χ4n) is 3.10. The van der Waals surface area contributed by atoms with Crippen LogP contribution in [-0.4, -0.2) is 25.1 Å². The first-order valence-electron chi connectivity index (χ1n) is 7.91. The molecule has 3 rings (SSSR count). The summed E-state index contributed by atoms with van der Waals surface area (Å²) in [7, 11) is 0. The summed E-state index contributed by atoms with van der Waals surface area (Å²) in [6.07, 6.45) is 11.5. The lowest BCUT2D eigenvalue weighted by atomic mass is 9.96. The molecule has 2 heterocycles. The molecule has 0 radical (unpaired) electrons. The van der Waals surface area contributed by atoms with Gasteiger partial charge in [-0.3, -0.25) is 4.68 Å². The fraction of sp³-hybridized carbons (Fsp3) is 0.667. The largest absolute Gasteiger partial charge is 0.309 e. The molecule has 5 nitrogen and oxygen atoms in total. The molecule has 114 valence electrons. The van der Waals surface area contributed by atoms with Crippen LogP contribution in [-0.2, 0) is 6.42 Å². The molecule has 1 atom stereocenters. The Kier molecular flexibility index (Phi) is 4.98. The van der Waals surface area contributed by atoms with Crippen molar-refractivity contribution >= 4 is 11.7 Å². The Labute approximate surface area is 130 Å². The minimum Gasteiger partial charge on any atom is -0.309 e. The lowest BCUT2D eigenvalue weighted by Gasteiger charge is -2.22. The monoisotopic (exact) mass is 305 g/mol. The van der Waals surface area contributed by atoms with Crippen molar-refractivity contribution in [3.8, 4) is 0 Å². The highest BCUT2D eigenvalue weighted by molar-refractivity contribution is 6.99. The van der Waals surface area contributed by atoms with Crippen LogP contribution in [0, 0.1) is 0 Å². The van der Waals surface area contributed by atoms with Crippen LogP contribution >= 0.6 is 11.7 Å². The Bertz CT molecular complexity index is 530. The highest BCUT2D eigenvalue weighted by Gasteiger charge is 2.18. The van der Waals surface area contributed by atoms with Gasteiger partial charge in [-0.1, -0.05) is 26.2 Å². The Morgan fingerprint density at radius 3 is 2.95 bits per heavy atom. The van der Waals surface area contributed by atoms with E-state index >= 15 is 0 Å². The first kappa shape index (κ1) is 14.7. The quantitative estimate of drug-likeness (QED) is 0.891. The standard InChI is InChI=1S/C15H23N5S/c1-2-16-14(15-11-17-21-19-15)10-12-8-9-20(18-12)13-6-4-3-5-7-13/h8-9,11,13-14,16H,2-7,10H2,1H3. The molecule has 2 aromatic rings. The molecular formula is C15H23N5S. The fourth-order valence-corrected chi connectivity index (χ4v) is 3.57. The van der Waals surface area contributed by atoms with Gasteiger partial charge in [-0.05, 0) is 25.5 Å². The van der Waals surface area contributed by atoms with E-state index in [1.54, 1.807) is 0 Å². The van der Waals surface area contributed by atoms with E-state index in [1.165, 1.54) is 43.8 Å². The number of hydrogen-bond acceptors (Lipinski definition) is 5. The summed E-state index contributed by atoms with van der Waals surface area (Å²) in [5.74, 6) is 0. The van der Waals surface area contributed by atoms with Crippen LogP contribution in [0.25, 0.3) is 0 Å². The van der Waals surface area contributed by atoms with Gasteiger partial charge in [-0.15, -0.1) is 0 Å². The lowest BCUT2D eigenvalue weighted by molar-refractivity contribution is 0.327. The maximum atomic E-state index is 4.80. The number of aromatic nitrogens is 4. The summed E-state index contributed by atoms with van der Waals surface area (Å²) in [5, 5.41) is 8.27. The van der Waals surface area contributed by atoms with Crippen LogP contribution in [0.4, 0.5) is 0 Å². The molecule has 0 aromatic carbocycles. The van der Waals surface area contributed by atoms with Crippen LogP contribution in [0.1, 0.15) is 62.5 Å². The van der Waals surface area contributed by atoms with Crippen molar-refractivity contribution in [2.75, 3.05) is 6.54 Å². The third-order valence-corrected chi connectivity index (χ3v) is 4.70. The highest BCUT2D eigenvalue weighted by Crippen LogP contribution is 2.27. The molecule has 0 amide bonds. The van der Waals surface area contributed by atoms with Crippen LogP contribution in [0.5, 0.6) is 0 Å². The number of nitrogens with zero attached hydrogens (tertiary/aromatic N) is 4. The number of nitrogens with one attached hydrogen (secondary N) is 1. The normalized spacial score (nSPS) is 18.0. The second-order valence-corrected chi connectivity index (χ2v) is 6.28. The number of rotatable bonds is 6. The summed E-state index contributed by atoms with van der Waals surface area (Å²) in [4.78, 5) is 0. The van der Waals surface area contributed by atoms with Crippen molar-refractivity contribution in [1.29, 1.82) is 0 Å². The molecule has 1 aliphatic rings. The van der Waals surface area contributed by atoms with Gasteiger partial charge in [0.2, 0.25) is 0 Å². The van der Waals surface area contributed by atoms with Crippen LogP contribution < -0.4 is 5.32 Å². The number of hydrogen-bond donors (Lipinski definition) is 1. The van der Waals surface area contributed by atoms with Gasteiger partial charge in [0.25, 0.3) is 0 Å². The van der Waals surface area contributed by atoms with Crippen LogP contribution in [0.3, 0.4) is 0 Å². The molecule has 1 fully saturated rings. The smallest absolute Gasteiger partial charge is 0.0916 e. The SMILES string of the molecule is CCNC(Cc1ccn(C2CCCCC2)n1)c1cnsn1. The number of likely N-dealkylation sites (N-methyl/N-ethyl adjacent to an activating group) is 1. The minimum atomic E-state index is 0.212. The average Bonchev–Trinajstić information content (AvgIpc) is 3.19. The maximum Gasteiger partial charge on any atom is 0.0916 e. The molecule has 0 saturated heterocycles. The van der Waals surface area contributed by atoms with Crippen molar-refractivity contribution in [1.82, 2.24) is 23.8 Å². The predicted octanol–water partition coefficient (Wildman–Crippen LogP) is 3.13. The molecule has 21 heavy (non-hydrogen) atoms. The van der Waals surface area contributed by atoms with Crippen molar-refractivity contribution in [2.24, 2.45) is 0 Å². The topological polar surface area (TPSA) is 55.6 Å². The summed E-state index contributed by atoms with van der Waals surface area (Å²) in [5.41, 5.74) is 2.16. The Balaban J connectivity index is 1.67. The van der Waals surface area contributed by atoms with Gasteiger partial charge in [0.1, 0.15) is 0 Å². The molecule has 6 heteroatoms. The van der Waals surface area contributed by atoms with E-state index < -0.39 is 0 Å². The predicted molar refractivity (Wildman–Crippen MR) is 84.4 cm³/mol. The summed E-state index contributed by atoms with van der Waals surface area (Å²) in [6, 6.07) is 2.97. The Morgan fingerprint density at radius 1 is 1.38 bits per heavy atom. The Hall–Kier alpha value is -1.27. The highest BCUT2D eigenvalue weighted by atomic mass is 32.1. The van der Waals surface area contributed by atoms with Crippen molar-refractivity contribution in [3.05, 3.63) is 29.8 Å². The Morgan fingerprint density at radius 2 is 2.24 bits per heavy atom. The van der Waals surface area contributed by atoms with E-state index in [2.05, 4.69) is 37.9 Å². The van der Waals surface area contributed by atoms with Crippen LogP contribution in [0.2, 0.25) is 0 Å². The zero-order chi connectivity index (χ0) is 14.5. The molecule has 0 aliphatic heterocycles. The van der Waals surface area contributed by atoms with Gasteiger partial charge in [-0.2, -0.15) is 13.8 Å². The van der Waals surface area contributed by atoms with Gasteiger partial charge in [0, 0.05) is 12.6 Å². The van der Waals surface area contributed by atoms with E-state index in [4.69, 9.17) is 5.10 Å². The van der Waals surface area contributed by atoms with Crippen molar-refractivity contribution < 1.29 is 0 Å². The van der Waals surface area contributed by atoms with E-state index in [1.807, 2.05) is 6.20 Å². The van der Waals surface area contributed by atoms with Crippen LogP contribution in [0.15, 0.2) is 18.5 Å². The maximum absolute atomic E-state index is 4.80. The lowest BCUT2D eigenvalue weighted by Crippen LogP contribution is -2.23. The van der Waals surface area contributed by atoms with Crippen molar-refractivity contribution in [2.45, 2.75) is 57.5 Å². The molecular weight excluding hydrogens is 282 g/mol. The van der Waals surface area contributed by atoms with E-state index in [-0.39, 0.29) is 6.04 Å². The van der Waals surface area contributed by atoms with Gasteiger partial charge < -0.3 is 5.32 Å². The molecule has 1 N–H and O–H groups in total. The zero-order valence-electron chi connectivity index (χ0n) is 12.5. The first-order chi connectivity index (χ1) is 10.4. The molecule has 1 aliphatic carbocycles. The molecule has 1 unspecified atom stereocenters. The summed E-state index contributed by atoms with van der Waals surface area (Å²) >= 11 is 1.27. The minimum absolute atomic E-state index is 0.212. The summed E-state index contributed by atoms with van der Waals surface area (Å²) < 4.78 is 10.6. The second kappa shape index (κ2) is 7.13. The van der Waals surface area contributed by atoms with Crippen molar-refractivity contribution in [3.63, 3.8) is 0 Å². The zero-order valence-corrected chi connectivity index (χ0v) is 13.4. The third kappa shape index (κ3) is 3.68. The molecule has 1 saturated carbocycles. The van der Waals surface area contributed by atoms with Gasteiger partial charge in [0.05, 0.1) is 41.4 Å². The van der Waals surface area contributed by atoms with E-state index in [0.29, 0.717) is 6.04 Å². The summed E-state index contributed by atoms with van der Waals surface area (Å²) in [6.45, 7) is 3.04. The molecule has 2 aromatic heterocycles. The molecule has 0 spiro atoms. The molecule has 0 bridgehead atoms. The van der Waals surface area contributed by atoms with Gasteiger partial charge >= 0.3 is 0 Å². The first-order valence-corrected chi connectivity index (χ1v) is 8.64. The van der Waals surface area contributed by atoms with Gasteiger partial charge in [0.15, 0.2) is 0 Å². The third-order valence-electron chi connectivity index (χ3n) is 4.21. The van der Waals surface area contributed by atoms with Gasteiger partial charge in [-0.25, -0.2) is 0 Å². The average molecular weight is 305 g/mol. The van der Waals surface area contributed by atoms with E-state index in [9.17, 15) is 0 Å². The second-order valence-electron chi connectivity index (χ2n) is 5.73. The van der Waals surface area contributed by atoms with E-state index in [0.717, 1.165) is 24.4 Å².